The molecule has 0 aromatic heterocycles. The Kier molecular flexibility index (Phi) is 6.10. The average molecular weight is 305 g/mol. The molecular formula is C18H27NO3. The van der Waals surface area contributed by atoms with Crippen molar-refractivity contribution in [2.45, 2.75) is 45.6 Å². The van der Waals surface area contributed by atoms with Gasteiger partial charge in [0.05, 0.1) is 14.2 Å². The summed E-state index contributed by atoms with van der Waals surface area (Å²) in [7, 11) is 3.26. The molecule has 0 aliphatic heterocycles. The fourth-order valence-electron chi connectivity index (χ4n) is 3.17. The Labute approximate surface area is 133 Å². The van der Waals surface area contributed by atoms with E-state index in [0.717, 1.165) is 12.1 Å². The quantitative estimate of drug-likeness (QED) is 0.772. The lowest BCUT2D eigenvalue weighted by Crippen LogP contribution is -2.31. The Morgan fingerprint density at radius 1 is 1.18 bits per heavy atom. The largest absolute Gasteiger partial charge is 0.493 e. The van der Waals surface area contributed by atoms with Crippen LogP contribution >= 0.6 is 0 Å². The molecule has 1 fully saturated rings. The van der Waals surface area contributed by atoms with Crippen molar-refractivity contribution >= 4 is 5.91 Å². The monoisotopic (exact) mass is 305 g/mol. The standard InChI is InChI=1S/C18H27NO3/c1-4-19(18(20)12-14-7-5-6-8-14)13-15-9-10-16(21-2)17(11-15)22-3/h9-11,14H,4-8,12-13H2,1-3H3. The van der Waals surface area contributed by atoms with Gasteiger partial charge < -0.3 is 14.4 Å². The Morgan fingerprint density at radius 2 is 1.86 bits per heavy atom. The molecule has 0 heterocycles. The Hall–Kier alpha value is -1.71. The molecule has 22 heavy (non-hydrogen) atoms. The van der Waals surface area contributed by atoms with Gasteiger partial charge in [0, 0.05) is 19.5 Å². The van der Waals surface area contributed by atoms with Crippen LogP contribution < -0.4 is 9.47 Å². The highest BCUT2D eigenvalue weighted by Crippen LogP contribution is 2.30. The van der Waals surface area contributed by atoms with Crippen molar-refractivity contribution in [2.24, 2.45) is 5.92 Å². The van der Waals surface area contributed by atoms with E-state index in [1.54, 1.807) is 14.2 Å². The molecule has 1 aliphatic rings. The SMILES string of the molecule is CCN(Cc1ccc(OC)c(OC)c1)C(=O)CC1CCCC1. The van der Waals surface area contributed by atoms with Gasteiger partial charge in [0.2, 0.25) is 5.91 Å². The number of carbonyl (C=O) groups is 1. The van der Waals surface area contributed by atoms with Crippen molar-refractivity contribution in [2.75, 3.05) is 20.8 Å². The molecule has 0 radical (unpaired) electrons. The summed E-state index contributed by atoms with van der Waals surface area (Å²) in [6.07, 6.45) is 5.67. The summed E-state index contributed by atoms with van der Waals surface area (Å²) >= 11 is 0. The number of nitrogens with zero attached hydrogens (tertiary/aromatic N) is 1. The maximum absolute atomic E-state index is 12.5. The van der Waals surface area contributed by atoms with Crippen LogP contribution in [-0.2, 0) is 11.3 Å². The molecule has 4 nitrogen and oxygen atoms in total. The van der Waals surface area contributed by atoms with Gasteiger partial charge in [0.1, 0.15) is 0 Å². The maximum Gasteiger partial charge on any atom is 0.223 e. The van der Waals surface area contributed by atoms with Gasteiger partial charge in [-0.05, 0) is 43.4 Å². The highest BCUT2D eigenvalue weighted by molar-refractivity contribution is 5.76. The zero-order chi connectivity index (χ0) is 15.9. The second-order valence-electron chi connectivity index (χ2n) is 5.95. The predicted octanol–water partition coefficient (Wildman–Crippen LogP) is 3.63. The molecule has 1 aromatic carbocycles. The normalized spacial score (nSPS) is 14.9. The topological polar surface area (TPSA) is 38.8 Å². The highest BCUT2D eigenvalue weighted by atomic mass is 16.5. The third kappa shape index (κ3) is 4.15. The first-order valence-electron chi connectivity index (χ1n) is 8.16. The molecule has 4 heteroatoms. The van der Waals surface area contributed by atoms with Crippen molar-refractivity contribution < 1.29 is 14.3 Å². The molecule has 1 saturated carbocycles. The number of carbonyl (C=O) groups excluding carboxylic acids is 1. The summed E-state index contributed by atoms with van der Waals surface area (Å²) in [5, 5.41) is 0. The van der Waals surface area contributed by atoms with E-state index in [2.05, 4.69) is 0 Å². The molecule has 0 spiro atoms. The van der Waals surface area contributed by atoms with Gasteiger partial charge in [-0.15, -0.1) is 0 Å². The minimum atomic E-state index is 0.268. The summed E-state index contributed by atoms with van der Waals surface area (Å²) in [5.74, 6) is 2.28. The number of amides is 1. The summed E-state index contributed by atoms with van der Waals surface area (Å²) in [4.78, 5) is 14.4. The molecule has 0 saturated heterocycles. The average Bonchev–Trinajstić information content (AvgIpc) is 3.05. The van der Waals surface area contributed by atoms with Crippen LogP contribution in [0.2, 0.25) is 0 Å². The van der Waals surface area contributed by atoms with Gasteiger partial charge in [-0.1, -0.05) is 18.9 Å². The molecular weight excluding hydrogens is 278 g/mol. The Balaban J connectivity index is 2.01. The number of benzene rings is 1. The van der Waals surface area contributed by atoms with Gasteiger partial charge >= 0.3 is 0 Å². The first kappa shape index (κ1) is 16.7. The third-order valence-corrected chi connectivity index (χ3v) is 4.49. The van der Waals surface area contributed by atoms with E-state index in [1.807, 2.05) is 30.0 Å². The molecule has 0 unspecified atom stereocenters. The number of hydrogen-bond donors (Lipinski definition) is 0. The van der Waals surface area contributed by atoms with Crippen molar-refractivity contribution in [3.63, 3.8) is 0 Å². The van der Waals surface area contributed by atoms with Gasteiger partial charge in [-0.2, -0.15) is 0 Å². The summed E-state index contributed by atoms with van der Waals surface area (Å²) in [6, 6.07) is 5.83. The van der Waals surface area contributed by atoms with Gasteiger partial charge in [0.25, 0.3) is 0 Å². The van der Waals surface area contributed by atoms with E-state index in [1.165, 1.54) is 25.7 Å². The van der Waals surface area contributed by atoms with Crippen LogP contribution in [0.25, 0.3) is 0 Å². The van der Waals surface area contributed by atoms with Crippen molar-refractivity contribution in [3.05, 3.63) is 23.8 Å². The summed E-state index contributed by atoms with van der Waals surface area (Å²) in [6.45, 7) is 3.40. The zero-order valence-electron chi connectivity index (χ0n) is 13.9. The molecule has 1 aliphatic carbocycles. The second kappa shape index (κ2) is 8.06. The lowest BCUT2D eigenvalue weighted by Gasteiger charge is -2.23. The maximum atomic E-state index is 12.5. The van der Waals surface area contributed by atoms with Gasteiger partial charge in [-0.3, -0.25) is 4.79 Å². The first-order valence-corrected chi connectivity index (χ1v) is 8.16. The van der Waals surface area contributed by atoms with Crippen LogP contribution in [-0.4, -0.2) is 31.6 Å². The van der Waals surface area contributed by atoms with Crippen LogP contribution in [0.4, 0.5) is 0 Å². The molecule has 1 amide bonds. The van der Waals surface area contributed by atoms with Crippen LogP contribution in [0.5, 0.6) is 11.5 Å². The second-order valence-corrected chi connectivity index (χ2v) is 5.95. The summed E-state index contributed by atoms with van der Waals surface area (Å²) in [5.41, 5.74) is 1.07. The van der Waals surface area contributed by atoms with E-state index in [4.69, 9.17) is 9.47 Å². The minimum absolute atomic E-state index is 0.268. The molecule has 2 rings (SSSR count). The van der Waals surface area contributed by atoms with Crippen LogP contribution in [0.15, 0.2) is 18.2 Å². The number of methoxy groups -OCH3 is 2. The third-order valence-electron chi connectivity index (χ3n) is 4.49. The van der Waals surface area contributed by atoms with E-state index >= 15 is 0 Å². The van der Waals surface area contributed by atoms with Gasteiger partial charge in [-0.25, -0.2) is 0 Å². The fraction of sp³-hybridized carbons (Fsp3) is 0.611. The minimum Gasteiger partial charge on any atom is -0.493 e. The lowest BCUT2D eigenvalue weighted by atomic mass is 10.0. The molecule has 1 aromatic rings. The first-order chi connectivity index (χ1) is 10.7. The Morgan fingerprint density at radius 3 is 2.45 bits per heavy atom. The lowest BCUT2D eigenvalue weighted by molar-refractivity contribution is -0.132. The van der Waals surface area contributed by atoms with Crippen LogP contribution in [0.3, 0.4) is 0 Å². The molecule has 0 bridgehead atoms. The number of ether oxygens (including phenoxy) is 2. The molecule has 0 N–H and O–H groups in total. The molecule has 0 atom stereocenters. The van der Waals surface area contributed by atoms with Crippen LogP contribution in [0, 0.1) is 5.92 Å². The molecule has 122 valence electrons. The summed E-state index contributed by atoms with van der Waals surface area (Å²) < 4.78 is 10.6. The number of rotatable bonds is 7. The predicted molar refractivity (Wildman–Crippen MR) is 87.2 cm³/mol. The van der Waals surface area contributed by atoms with Gasteiger partial charge in [0.15, 0.2) is 11.5 Å². The van der Waals surface area contributed by atoms with E-state index < -0.39 is 0 Å². The fourth-order valence-corrected chi connectivity index (χ4v) is 3.17. The van der Waals surface area contributed by atoms with E-state index in [0.29, 0.717) is 30.4 Å². The Bertz CT molecular complexity index is 495. The van der Waals surface area contributed by atoms with Crippen molar-refractivity contribution in [1.29, 1.82) is 0 Å². The van der Waals surface area contributed by atoms with Crippen molar-refractivity contribution in [1.82, 2.24) is 4.90 Å². The van der Waals surface area contributed by atoms with E-state index in [-0.39, 0.29) is 5.91 Å². The van der Waals surface area contributed by atoms with Crippen molar-refractivity contribution in [3.8, 4) is 11.5 Å². The highest BCUT2D eigenvalue weighted by Gasteiger charge is 2.21. The number of hydrogen-bond acceptors (Lipinski definition) is 3. The van der Waals surface area contributed by atoms with E-state index in [9.17, 15) is 4.79 Å². The van der Waals surface area contributed by atoms with Crippen LogP contribution in [0.1, 0.15) is 44.6 Å². The smallest absolute Gasteiger partial charge is 0.223 e. The zero-order valence-corrected chi connectivity index (χ0v) is 13.9.